The number of likely N-dealkylation sites (tertiary alicyclic amines) is 1. The molecule has 28 heavy (non-hydrogen) atoms. The summed E-state index contributed by atoms with van der Waals surface area (Å²) in [7, 11) is 0. The fourth-order valence-electron chi connectivity index (χ4n) is 3.83. The van der Waals surface area contributed by atoms with Crippen LogP contribution in [0, 0.1) is 0 Å². The Morgan fingerprint density at radius 3 is 2.64 bits per heavy atom. The highest BCUT2D eigenvalue weighted by Gasteiger charge is 2.27. The third kappa shape index (κ3) is 5.10. The smallest absolute Gasteiger partial charge is 0.126 e. The Morgan fingerprint density at radius 2 is 1.89 bits per heavy atom. The summed E-state index contributed by atoms with van der Waals surface area (Å²) in [6, 6.07) is 16.0. The third-order valence-corrected chi connectivity index (χ3v) is 6.82. The number of aromatic nitrogens is 1. The first-order valence-corrected chi connectivity index (χ1v) is 11.1. The topological polar surface area (TPSA) is 46.8 Å². The molecule has 1 aliphatic rings. The molecular formula is C22H26ClN2O2S+. The fourth-order valence-corrected chi connectivity index (χ4v) is 5.09. The Morgan fingerprint density at radius 1 is 1.14 bits per heavy atom. The minimum absolute atomic E-state index is 0.368. The van der Waals surface area contributed by atoms with Crippen LogP contribution in [0.5, 0.6) is 0 Å². The zero-order chi connectivity index (χ0) is 19.3. The number of nitrogens with one attached hydrogen (secondary N) is 1. The van der Waals surface area contributed by atoms with Gasteiger partial charge in [0.05, 0.1) is 41.5 Å². The highest BCUT2D eigenvalue weighted by Crippen LogP contribution is 2.31. The molecule has 4 rings (SSSR count). The van der Waals surface area contributed by atoms with Crippen LogP contribution in [0.2, 0.25) is 5.02 Å². The van der Waals surface area contributed by atoms with Crippen LogP contribution < -0.4 is 4.90 Å². The second-order valence-electron chi connectivity index (χ2n) is 7.54. The summed E-state index contributed by atoms with van der Waals surface area (Å²) in [5.74, 6) is 0.555. The van der Waals surface area contributed by atoms with Gasteiger partial charge >= 0.3 is 0 Å². The van der Waals surface area contributed by atoms with Gasteiger partial charge in [-0.25, -0.2) is 4.98 Å². The zero-order valence-electron chi connectivity index (χ0n) is 15.8. The number of rotatable bonds is 7. The van der Waals surface area contributed by atoms with Crippen LogP contribution in [0.1, 0.15) is 29.3 Å². The van der Waals surface area contributed by atoms with E-state index in [-0.39, 0.29) is 0 Å². The maximum absolute atomic E-state index is 10.3. The van der Waals surface area contributed by atoms with Gasteiger partial charge in [0.1, 0.15) is 12.6 Å². The number of hydrogen-bond acceptors (Lipinski definition) is 4. The van der Waals surface area contributed by atoms with Crippen molar-refractivity contribution in [2.75, 3.05) is 26.2 Å². The number of nitrogens with zero attached hydrogens (tertiary/aromatic N) is 1. The van der Waals surface area contributed by atoms with E-state index in [0.29, 0.717) is 19.1 Å². The van der Waals surface area contributed by atoms with Crippen molar-refractivity contribution < 1.29 is 14.7 Å². The van der Waals surface area contributed by atoms with Crippen molar-refractivity contribution in [3.8, 4) is 0 Å². The standard InChI is InChI=1S/C22H25ClN2O2S/c23-18-7-5-16(6-8-18)14-27-15-19(26)13-25-11-9-17(10-12-25)22-24-20-3-1-2-4-21(20)28-22/h1-8,17,19,26H,9-15H2/p+1/t19-/m0/s1. The first-order chi connectivity index (χ1) is 13.7. The van der Waals surface area contributed by atoms with Gasteiger partial charge in [-0.05, 0) is 29.8 Å². The molecule has 2 heterocycles. The van der Waals surface area contributed by atoms with Crippen LogP contribution in [0.15, 0.2) is 48.5 Å². The molecule has 1 atom stereocenters. The van der Waals surface area contributed by atoms with Gasteiger partial charge < -0.3 is 14.7 Å². The number of fused-ring (bicyclic) bond motifs is 1. The van der Waals surface area contributed by atoms with Gasteiger partial charge in [-0.2, -0.15) is 0 Å². The average Bonchev–Trinajstić information content (AvgIpc) is 3.14. The lowest BCUT2D eigenvalue weighted by Crippen LogP contribution is -3.14. The van der Waals surface area contributed by atoms with Crippen molar-refractivity contribution in [1.82, 2.24) is 4.98 Å². The Bertz CT molecular complexity index is 858. The molecule has 0 bridgehead atoms. The maximum atomic E-state index is 10.3. The van der Waals surface area contributed by atoms with E-state index >= 15 is 0 Å². The normalized spacial score (nSPS) is 21.1. The van der Waals surface area contributed by atoms with E-state index in [0.717, 1.165) is 48.6 Å². The number of ether oxygens (including phenoxy) is 1. The number of thiazole rings is 1. The van der Waals surface area contributed by atoms with Crippen molar-refractivity contribution in [1.29, 1.82) is 0 Å². The highest BCUT2D eigenvalue weighted by molar-refractivity contribution is 7.18. The molecule has 0 aliphatic carbocycles. The molecule has 1 aromatic heterocycles. The van der Waals surface area contributed by atoms with Gasteiger partial charge in [0.15, 0.2) is 0 Å². The molecule has 148 valence electrons. The van der Waals surface area contributed by atoms with Crippen LogP contribution >= 0.6 is 22.9 Å². The number of para-hydroxylation sites is 1. The van der Waals surface area contributed by atoms with Crippen molar-refractivity contribution in [2.45, 2.75) is 31.5 Å². The minimum atomic E-state index is -0.429. The summed E-state index contributed by atoms with van der Waals surface area (Å²) < 4.78 is 6.95. The second-order valence-corrected chi connectivity index (χ2v) is 9.04. The lowest BCUT2D eigenvalue weighted by atomic mass is 9.97. The molecule has 0 radical (unpaired) electrons. The van der Waals surface area contributed by atoms with E-state index in [1.807, 2.05) is 35.6 Å². The Labute approximate surface area is 174 Å². The number of quaternary nitrogens is 1. The Hall–Kier alpha value is -1.50. The van der Waals surface area contributed by atoms with Gasteiger partial charge in [0, 0.05) is 23.8 Å². The molecule has 2 N–H and O–H groups in total. The van der Waals surface area contributed by atoms with Crippen molar-refractivity contribution >= 4 is 33.2 Å². The van der Waals surface area contributed by atoms with E-state index in [9.17, 15) is 5.11 Å². The van der Waals surface area contributed by atoms with Crippen molar-refractivity contribution in [3.63, 3.8) is 0 Å². The molecule has 2 aromatic carbocycles. The van der Waals surface area contributed by atoms with Gasteiger partial charge in [-0.1, -0.05) is 35.9 Å². The van der Waals surface area contributed by atoms with E-state index in [1.165, 1.54) is 14.6 Å². The molecule has 1 fully saturated rings. The Kier molecular flexibility index (Phi) is 6.60. The largest absolute Gasteiger partial charge is 0.385 e. The Balaban J connectivity index is 1.20. The van der Waals surface area contributed by atoms with Gasteiger partial charge in [-0.15, -0.1) is 11.3 Å². The SMILES string of the molecule is O[C@H](COCc1ccc(Cl)cc1)C[NH+]1CCC(c2nc3ccccc3s2)CC1. The number of benzene rings is 2. The van der Waals surface area contributed by atoms with E-state index in [1.54, 1.807) is 0 Å². The maximum Gasteiger partial charge on any atom is 0.126 e. The number of piperidine rings is 1. The predicted octanol–water partition coefficient (Wildman–Crippen LogP) is 3.29. The minimum Gasteiger partial charge on any atom is -0.385 e. The average molecular weight is 418 g/mol. The van der Waals surface area contributed by atoms with Crippen LogP contribution in [-0.2, 0) is 11.3 Å². The summed E-state index contributed by atoms with van der Waals surface area (Å²) >= 11 is 7.72. The first-order valence-electron chi connectivity index (χ1n) is 9.86. The number of aliphatic hydroxyl groups excluding tert-OH is 1. The quantitative estimate of drug-likeness (QED) is 0.620. The third-order valence-electron chi connectivity index (χ3n) is 5.37. The van der Waals surface area contributed by atoms with E-state index in [2.05, 4.69) is 24.3 Å². The molecule has 1 saturated heterocycles. The fraction of sp³-hybridized carbons (Fsp3) is 0.409. The molecule has 0 unspecified atom stereocenters. The van der Waals surface area contributed by atoms with Crippen LogP contribution in [-0.4, -0.2) is 42.4 Å². The summed E-state index contributed by atoms with van der Waals surface area (Å²) in [6.45, 7) is 3.77. The number of aliphatic hydroxyl groups is 1. The molecule has 1 aliphatic heterocycles. The lowest BCUT2D eigenvalue weighted by Gasteiger charge is -2.29. The second kappa shape index (κ2) is 9.33. The molecule has 0 saturated carbocycles. The van der Waals surface area contributed by atoms with E-state index in [4.69, 9.17) is 21.3 Å². The molecular weight excluding hydrogens is 392 g/mol. The van der Waals surface area contributed by atoms with Gasteiger partial charge in [0.25, 0.3) is 0 Å². The summed E-state index contributed by atoms with van der Waals surface area (Å²) in [6.07, 6.45) is 1.84. The molecule has 4 nitrogen and oxygen atoms in total. The number of halogens is 1. The first kappa shape index (κ1) is 19.8. The van der Waals surface area contributed by atoms with Crippen molar-refractivity contribution in [2.24, 2.45) is 0 Å². The summed E-state index contributed by atoms with van der Waals surface area (Å²) in [5, 5.41) is 12.3. The molecule has 3 aromatic rings. The van der Waals surface area contributed by atoms with Gasteiger partial charge in [0.2, 0.25) is 0 Å². The predicted molar refractivity (Wildman–Crippen MR) is 114 cm³/mol. The zero-order valence-corrected chi connectivity index (χ0v) is 17.4. The highest BCUT2D eigenvalue weighted by atomic mass is 35.5. The van der Waals surface area contributed by atoms with Crippen molar-refractivity contribution in [3.05, 3.63) is 64.1 Å². The molecule has 6 heteroatoms. The monoisotopic (exact) mass is 417 g/mol. The van der Waals surface area contributed by atoms with Crippen LogP contribution in [0.4, 0.5) is 0 Å². The van der Waals surface area contributed by atoms with E-state index < -0.39 is 6.10 Å². The molecule has 0 amide bonds. The summed E-state index contributed by atoms with van der Waals surface area (Å²) in [5.41, 5.74) is 2.19. The number of hydrogen-bond donors (Lipinski definition) is 2. The molecule has 0 spiro atoms. The lowest BCUT2D eigenvalue weighted by molar-refractivity contribution is -0.908. The van der Waals surface area contributed by atoms with Crippen LogP contribution in [0.3, 0.4) is 0 Å². The van der Waals surface area contributed by atoms with Crippen LogP contribution in [0.25, 0.3) is 10.2 Å². The van der Waals surface area contributed by atoms with Gasteiger partial charge in [-0.3, -0.25) is 0 Å². The summed E-state index contributed by atoms with van der Waals surface area (Å²) in [4.78, 5) is 6.29.